The maximum absolute atomic E-state index is 12.2. The van der Waals surface area contributed by atoms with Crippen LogP contribution < -0.4 is 0 Å². The van der Waals surface area contributed by atoms with Gasteiger partial charge in [0.1, 0.15) is 0 Å². The molecule has 0 radical (unpaired) electrons. The first-order valence-corrected chi connectivity index (χ1v) is 14.1. The summed E-state index contributed by atoms with van der Waals surface area (Å²) in [6.45, 7) is 0. The average molecular weight is 607 g/mol. The number of fused-ring (bicyclic) bond motifs is 4. The minimum Gasteiger partial charge on any atom is -0.478 e. The summed E-state index contributed by atoms with van der Waals surface area (Å²) >= 11 is 0. The van der Waals surface area contributed by atoms with E-state index in [1.165, 1.54) is 24.3 Å². The lowest BCUT2D eigenvalue weighted by Gasteiger charge is -2.20. The molecule has 0 aromatic heterocycles. The number of hydrogen-bond donors (Lipinski definition) is 4. The van der Waals surface area contributed by atoms with Crippen molar-refractivity contribution in [1.29, 1.82) is 0 Å². The number of hydrogen-bond acceptors (Lipinski definition) is 4. The number of benzene rings is 7. The lowest BCUT2D eigenvalue weighted by atomic mass is 9.83. The minimum atomic E-state index is -1.28. The molecule has 0 bridgehead atoms. The van der Waals surface area contributed by atoms with Gasteiger partial charge in [0.25, 0.3) is 0 Å². The molecule has 0 aliphatic rings. The van der Waals surface area contributed by atoms with E-state index in [-0.39, 0.29) is 22.3 Å². The van der Waals surface area contributed by atoms with Crippen molar-refractivity contribution >= 4 is 67.0 Å². The van der Waals surface area contributed by atoms with Crippen molar-refractivity contribution in [3.05, 3.63) is 131 Å². The van der Waals surface area contributed by atoms with Gasteiger partial charge in [0.05, 0.1) is 22.3 Å². The largest absolute Gasteiger partial charge is 0.478 e. The highest BCUT2D eigenvalue weighted by Gasteiger charge is 2.22. The van der Waals surface area contributed by atoms with Crippen LogP contribution in [-0.4, -0.2) is 44.3 Å². The van der Waals surface area contributed by atoms with Crippen molar-refractivity contribution in [2.45, 2.75) is 0 Å². The van der Waals surface area contributed by atoms with Crippen LogP contribution in [0.25, 0.3) is 65.3 Å². The van der Waals surface area contributed by atoms with Gasteiger partial charge >= 0.3 is 23.9 Å². The van der Waals surface area contributed by atoms with Crippen molar-refractivity contribution in [3.8, 4) is 22.3 Å². The first-order chi connectivity index (χ1) is 22.1. The molecule has 222 valence electrons. The molecule has 7 rings (SSSR count). The highest BCUT2D eigenvalue weighted by atomic mass is 16.4. The Hall–Kier alpha value is -6.54. The molecule has 0 saturated heterocycles. The lowest BCUT2D eigenvalue weighted by Crippen LogP contribution is -2.04. The molecule has 0 aliphatic heterocycles. The second kappa shape index (κ2) is 10.6. The van der Waals surface area contributed by atoms with E-state index >= 15 is 0 Å². The number of carboxylic acids is 4. The molecule has 0 saturated carbocycles. The summed E-state index contributed by atoms with van der Waals surface area (Å²) in [5.41, 5.74) is 1.14. The van der Waals surface area contributed by atoms with E-state index < -0.39 is 23.9 Å². The van der Waals surface area contributed by atoms with Crippen molar-refractivity contribution in [2.75, 3.05) is 0 Å². The predicted molar refractivity (Wildman–Crippen MR) is 175 cm³/mol. The standard InChI is InChI=1S/C38H22O8/c39-35(40)25-9-23(10-26(13-25)36(41)42)33-29-15-19-5-1-2-6-20(19)16-30(29)34(24-11-27(37(43)44)14-28(12-24)38(45)46)32-18-22-8-4-3-7-21(22)17-31(32)33/h1-18H,(H,39,40)(H,41,42)(H,43,44)(H,45,46). The van der Waals surface area contributed by atoms with Crippen LogP contribution in [0, 0.1) is 0 Å². The van der Waals surface area contributed by atoms with Crippen LogP contribution in [0.4, 0.5) is 0 Å². The summed E-state index contributed by atoms with van der Waals surface area (Å²) in [6, 6.07) is 31.0. The number of rotatable bonds is 6. The fraction of sp³-hybridized carbons (Fsp3) is 0. The van der Waals surface area contributed by atoms with Gasteiger partial charge in [0.15, 0.2) is 0 Å². The van der Waals surface area contributed by atoms with Gasteiger partial charge < -0.3 is 20.4 Å². The van der Waals surface area contributed by atoms with Crippen LogP contribution >= 0.6 is 0 Å². The predicted octanol–water partition coefficient (Wildman–Crippen LogP) is 8.43. The third-order valence-electron chi connectivity index (χ3n) is 8.28. The van der Waals surface area contributed by atoms with Crippen molar-refractivity contribution < 1.29 is 39.6 Å². The van der Waals surface area contributed by atoms with Gasteiger partial charge in [-0.1, -0.05) is 48.5 Å². The maximum Gasteiger partial charge on any atom is 0.335 e. The Labute approximate surface area is 260 Å². The molecule has 8 nitrogen and oxygen atoms in total. The van der Waals surface area contributed by atoms with E-state index in [0.29, 0.717) is 43.8 Å². The minimum absolute atomic E-state index is 0.192. The van der Waals surface area contributed by atoms with E-state index in [0.717, 1.165) is 33.7 Å². The normalized spacial score (nSPS) is 11.3. The van der Waals surface area contributed by atoms with E-state index in [1.807, 2.05) is 72.8 Å². The molecule has 0 heterocycles. The molecule has 0 spiro atoms. The Balaban J connectivity index is 1.76. The van der Waals surface area contributed by atoms with Crippen molar-refractivity contribution in [1.82, 2.24) is 0 Å². The molecule has 0 aliphatic carbocycles. The van der Waals surface area contributed by atoms with Gasteiger partial charge in [-0.2, -0.15) is 0 Å². The molecular weight excluding hydrogens is 584 g/mol. The Kier molecular flexibility index (Phi) is 6.49. The molecule has 0 atom stereocenters. The van der Waals surface area contributed by atoms with Crippen molar-refractivity contribution in [3.63, 3.8) is 0 Å². The van der Waals surface area contributed by atoms with E-state index in [9.17, 15) is 39.6 Å². The van der Waals surface area contributed by atoms with Crippen LogP contribution in [-0.2, 0) is 0 Å². The first kappa shape index (κ1) is 28.2. The molecule has 46 heavy (non-hydrogen) atoms. The van der Waals surface area contributed by atoms with Gasteiger partial charge in [-0.15, -0.1) is 0 Å². The smallest absolute Gasteiger partial charge is 0.335 e. The Morgan fingerprint density at radius 3 is 0.804 bits per heavy atom. The Morgan fingerprint density at radius 1 is 0.348 bits per heavy atom. The van der Waals surface area contributed by atoms with Gasteiger partial charge in [0.2, 0.25) is 0 Å². The number of aromatic carboxylic acids is 4. The van der Waals surface area contributed by atoms with Crippen LogP contribution in [0.1, 0.15) is 41.4 Å². The molecule has 8 heteroatoms. The zero-order valence-electron chi connectivity index (χ0n) is 23.8. The van der Waals surface area contributed by atoms with E-state index in [2.05, 4.69) is 0 Å². The number of carbonyl (C=O) groups is 4. The van der Waals surface area contributed by atoms with Gasteiger partial charge in [-0.25, -0.2) is 19.2 Å². The zero-order chi connectivity index (χ0) is 32.3. The van der Waals surface area contributed by atoms with Crippen LogP contribution in [0.5, 0.6) is 0 Å². The van der Waals surface area contributed by atoms with Crippen LogP contribution in [0.3, 0.4) is 0 Å². The summed E-state index contributed by atoms with van der Waals surface area (Å²) in [4.78, 5) is 48.6. The fourth-order valence-electron chi connectivity index (χ4n) is 6.26. The molecule has 0 fully saturated rings. The first-order valence-electron chi connectivity index (χ1n) is 14.1. The summed E-state index contributed by atoms with van der Waals surface area (Å²) < 4.78 is 0. The summed E-state index contributed by atoms with van der Waals surface area (Å²) in [6.07, 6.45) is 0. The molecule has 0 unspecified atom stereocenters. The summed E-state index contributed by atoms with van der Waals surface area (Å²) in [5, 5.41) is 45.7. The SMILES string of the molecule is O=C(O)c1cc(C(=O)O)cc(-c2c3cc4ccccc4cc3c(-c3cc(C(=O)O)cc(C(=O)O)c3)c3cc4ccccc4cc23)c1. The Bertz CT molecular complexity index is 2160. The molecular formula is C38H22O8. The monoisotopic (exact) mass is 606 g/mol. The summed E-state index contributed by atoms with van der Waals surface area (Å²) in [5.74, 6) is -5.12. The van der Waals surface area contributed by atoms with Gasteiger partial charge in [0, 0.05) is 0 Å². The second-order valence-electron chi connectivity index (χ2n) is 11.1. The van der Waals surface area contributed by atoms with Gasteiger partial charge in [-0.05, 0) is 126 Å². The van der Waals surface area contributed by atoms with Gasteiger partial charge in [-0.3, -0.25) is 0 Å². The number of carboxylic acid groups (broad SMARTS) is 4. The zero-order valence-corrected chi connectivity index (χ0v) is 23.8. The van der Waals surface area contributed by atoms with E-state index in [4.69, 9.17) is 0 Å². The molecule has 0 amide bonds. The average Bonchev–Trinajstić information content (AvgIpc) is 3.04. The highest BCUT2D eigenvalue weighted by Crippen LogP contribution is 2.46. The van der Waals surface area contributed by atoms with E-state index in [1.54, 1.807) is 0 Å². The Morgan fingerprint density at radius 2 is 0.587 bits per heavy atom. The lowest BCUT2D eigenvalue weighted by molar-refractivity contribution is 0.0676. The molecule has 7 aromatic carbocycles. The third-order valence-corrected chi connectivity index (χ3v) is 8.28. The highest BCUT2D eigenvalue weighted by molar-refractivity contribution is 6.26. The van der Waals surface area contributed by atoms with Crippen LogP contribution in [0.15, 0.2) is 109 Å². The third kappa shape index (κ3) is 4.65. The van der Waals surface area contributed by atoms with Crippen LogP contribution in [0.2, 0.25) is 0 Å². The maximum atomic E-state index is 12.2. The topological polar surface area (TPSA) is 149 Å². The van der Waals surface area contributed by atoms with Crippen molar-refractivity contribution in [2.24, 2.45) is 0 Å². The molecule has 7 aromatic rings. The molecule has 4 N–H and O–H groups in total. The summed E-state index contributed by atoms with van der Waals surface area (Å²) in [7, 11) is 0. The quantitative estimate of drug-likeness (QED) is 0.138. The second-order valence-corrected chi connectivity index (χ2v) is 11.1. The fourth-order valence-corrected chi connectivity index (χ4v) is 6.26.